The Labute approximate surface area is 195 Å². The molecule has 1 fully saturated rings. The molecule has 1 saturated heterocycles. The molecule has 3 aromatic rings. The summed E-state index contributed by atoms with van der Waals surface area (Å²) in [4.78, 5) is 17.4. The van der Waals surface area contributed by atoms with Crippen LogP contribution < -0.4 is 9.62 Å². The number of amides is 1. The largest absolute Gasteiger partial charge is 0.368 e. The highest BCUT2D eigenvalue weighted by Crippen LogP contribution is 2.21. The number of hydrogen-bond acceptors (Lipinski definition) is 4. The molecular weight excluding hydrogens is 434 g/mol. The van der Waals surface area contributed by atoms with Gasteiger partial charge in [0.2, 0.25) is 10.0 Å². The quantitative estimate of drug-likeness (QED) is 0.605. The van der Waals surface area contributed by atoms with Crippen molar-refractivity contribution >= 4 is 21.6 Å². The van der Waals surface area contributed by atoms with Gasteiger partial charge in [0.05, 0.1) is 4.90 Å². The van der Waals surface area contributed by atoms with E-state index in [0.717, 1.165) is 24.3 Å². The molecule has 3 aromatic carbocycles. The molecule has 1 N–H and O–H groups in total. The van der Waals surface area contributed by atoms with Crippen LogP contribution in [0.2, 0.25) is 0 Å². The van der Waals surface area contributed by atoms with Crippen LogP contribution in [-0.2, 0) is 16.6 Å². The Morgan fingerprint density at radius 1 is 0.879 bits per heavy atom. The molecule has 0 atom stereocenters. The average molecular weight is 464 g/mol. The second-order valence-corrected chi connectivity index (χ2v) is 10.1. The van der Waals surface area contributed by atoms with E-state index in [2.05, 4.69) is 34.7 Å². The SMILES string of the molecule is Cc1cccc(N2CCN(C(=O)c3ccc(C)c(S(=O)(=O)NCc4ccccc4)c3)CC2)c1. The maximum absolute atomic E-state index is 13.2. The number of anilines is 1. The smallest absolute Gasteiger partial charge is 0.254 e. The van der Waals surface area contributed by atoms with Gasteiger partial charge in [-0.2, -0.15) is 0 Å². The number of piperazine rings is 1. The molecular formula is C26H29N3O3S. The topological polar surface area (TPSA) is 69.7 Å². The third-order valence-corrected chi connectivity index (χ3v) is 7.51. The van der Waals surface area contributed by atoms with Crippen LogP contribution >= 0.6 is 0 Å². The summed E-state index contributed by atoms with van der Waals surface area (Å²) in [5.41, 5.74) is 4.24. The molecule has 0 saturated carbocycles. The third kappa shape index (κ3) is 5.43. The number of rotatable bonds is 6. The number of carbonyl (C=O) groups is 1. The van der Waals surface area contributed by atoms with Crippen LogP contribution in [0.5, 0.6) is 0 Å². The van der Waals surface area contributed by atoms with E-state index in [9.17, 15) is 13.2 Å². The van der Waals surface area contributed by atoms with Crippen LogP contribution in [0, 0.1) is 13.8 Å². The van der Waals surface area contributed by atoms with Crippen LogP contribution in [0.25, 0.3) is 0 Å². The van der Waals surface area contributed by atoms with Crippen molar-refractivity contribution < 1.29 is 13.2 Å². The van der Waals surface area contributed by atoms with Crippen LogP contribution in [0.1, 0.15) is 27.0 Å². The van der Waals surface area contributed by atoms with Gasteiger partial charge >= 0.3 is 0 Å². The summed E-state index contributed by atoms with van der Waals surface area (Å²) >= 11 is 0. The summed E-state index contributed by atoms with van der Waals surface area (Å²) < 4.78 is 28.6. The fraction of sp³-hybridized carbons (Fsp3) is 0.269. The minimum atomic E-state index is -3.75. The summed E-state index contributed by atoms with van der Waals surface area (Å²) in [6.45, 7) is 6.67. The zero-order valence-corrected chi connectivity index (χ0v) is 19.8. The molecule has 172 valence electrons. The Morgan fingerprint density at radius 2 is 1.61 bits per heavy atom. The summed E-state index contributed by atoms with van der Waals surface area (Å²) in [5.74, 6) is -0.140. The first-order valence-corrected chi connectivity index (χ1v) is 12.6. The Morgan fingerprint density at radius 3 is 2.30 bits per heavy atom. The molecule has 1 heterocycles. The Hall–Kier alpha value is -3.16. The molecule has 0 radical (unpaired) electrons. The number of aryl methyl sites for hydroxylation is 2. The van der Waals surface area contributed by atoms with E-state index in [-0.39, 0.29) is 17.3 Å². The first-order valence-electron chi connectivity index (χ1n) is 11.1. The van der Waals surface area contributed by atoms with Gasteiger partial charge in [0.1, 0.15) is 0 Å². The van der Waals surface area contributed by atoms with Crippen molar-refractivity contribution in [3.63, 3.8) is 0 Å². The Kier molecular flexibility index (Phi) is 6.81. The maximum atomic E-state index is 13.2. The highest BCUT2D eigenvalue weighted by Gasteiger charge is 2.25. The minimum Gasteiger partial charge on any atom is -0.368 e. The lowest BCUT2D eigenvalue weighted by Gasteiger charge is -2.36. The maximum Gasteiger partial charge on any atom is 0.254 e. The molecule has 1 aliphatic rings. The van der Waals surface area contributed by atoms with E-state index in [4.69, 9.17) is 0 Å². The van der Waals surface area contributed by atoms with Gasteiger partial charge in [-0.3, -0.25) is 4.79 Å². The summed E-state index contributed by atoms with van der Waals surface area (Å²) in [6, 6.07) is 22.6. The van der Waals surface area contributed by atoms with Crippen molar-refractivity contribution in [1.82, 2.24) is 9.62 Å². The lowest BCUT2D eigenvalue weighted by atomic mass is 10.1. The van der Waals surface area contributed by atoms with E-state index in [1.807, 2.05) is 36.4 Å². The lowest BCUT2D eigenvalue weighted by molar-refractivity contribution is 0.0746. The molecule has 1 aliphatic heterocycles. The van der Waals surface area contributed by atoms with Crippen molar-refractivity contribution in [2.45, 2.75) is 25.3 Å². The van der Waals surface area contributed by atoms with Gasteiger partial charge in [0, 0.05) is 44.0 Å². The van der Waals surface area contributed by atoms with E-state index < -0.39 is 10.0 Å². The van der Waals surface area contributed by atoms with E-state index >= 15 is 0 Å². The van der Waals surface area contributed by atoms with Crippen LogP contribution in [0.3, 0.4) is 0 Å². The first kappa shape index (κ1) is 23.0. The van der Waals surface area contributed by atoms with Crippen molar-refractivity contribution in [3.05, 3.63) is 95.1 Å². The molecule has 6 nitrogen and oxygen atoms in total. The van der Waals surface area contributed by atoms with Crippen LogP contribution in [0.15, 0.2) is 77.7 Å². The predicted octanol–water partition coefficient (Wildman–Crippen LogP) is 3.74. The molecule has 1 amide bonds. The van der Waals surface area contributed by atoms with Gasteiger partial charge in [-0.05, 0) is 54.8 Å². The molecule has 0 aromatic heterocycles. The van der Waals surface area contributed by atoms with Gasteiger partial charge in [-0.25, -0.2) is 13.1 Å². The van der Waals surface area contributed by atoms with Crippen LogP contribution in [-0.4, -0.2) is 45.4 Å². The zero-order chi connectivity index (χ0) is 23.4. The van der Waals surface area contributed by atoms with Crippen molar-refractivity contribution in [1.29, 1.82) is 0 Å². The lowest BCUT2D eigenvalue weighted by Crippen LogP contribution is -2.48. The molecule has 4 rings (SSSR count). The standard InChI is InChI=1S/C26H29N3O3S/c1-20-7-6-10-24(17-20)28-13-15-29(16-14-28)26(30)23-12-11-21(2)25(18-23)33(31,32)27-19-22-8-4-3-5-9-22/h3-12,17-18,27H,13-16,19H2,1-2H3. The number of carbonyl (C=O) groups excluding carboxylic acids is 1. The molecule has 7 heteroatoms. The molecule has 0 unspecified atom stereocenters. The summed E-state index contributed by atoms with van der Waals surface area (Å²) in [7, 11) is -3.75. The highest BCUT2D eigenvalue weighted by atomic mass is 32.2. The van der Waals surface area contributed by atoms with E-state index in [1.54, 1.807) is 24.0 Å². The number of benzene rings is 3. The van der Waals surface area contributed by atoms with Gasteiger partial charge in [0.15, 0.2) is 0 Å². The fourth-order valence-electron chi connectivity index (χ4n) is 4.05. The Balaban J connectivity index is 1.45. The van der Waals surface area contributed by atoms with Crippen molar-refractivity contribution in [3.8, 4) is 0 Å². The number of nitrogens with zero attached hydrogens (tertiary/aromatic N) is 2. The van der Waals surface area contributed by atoms with Crippen molar-refractivity contribution in [2.24, 2.45) is 0 Å². The first-order chi connectivity index (χ1) is 15.8. The molecule has 0 bridgehead atoms. The second-order valence-electron chi connectivity index (χ2n) is 8.41. The van der Waals surface area contributed by atoms with Crippen molar-refractivity contribution in [2.75, 3.05) is 31.1 Å². The third-order valence-electron chi connectivity index (χ3n) is 5.97. The molecule has 33 heavy (non-hydrogen) atoms. The number of hydrogen-bond donors (Lipinski definition) is 1. The second kappa shape index (κ2) is 9.77. The van der Waals surface area contributed by atoms with Gasteiger partial charge in [-0.1, -0.05) is 48.5 Å². The van der Waals surface area contributed by atoms with Gasteiger partial charge < -0.3 is 9.80 Å². The van der Waals surface area contributed by atoms with E-state index in [0.29, 0.717) is 24.2 Å². The minimum absolute atomic E-state index is 0.140. The average Bonchev–Trinajstić information content (AvgIpc) is 2.83. The summed E-state index contributed by atoms with van der Waals surface area (Å²) in [6.07, 6.45) is 0. The van der Waals surface area contributed by atoms with Gasteiger partial charge in [0.25, 0.3) is 5.91 Å². The number of nitrogens with one attached hydrogen (secondary N) is 1. The molecule has 0 aliphatic carbocycles. The number of sulfonamides is 1. The summed E-state index contributed by atoms with van der Waals surface area (Å²) in [5, 5.41) is 0. The Bertz CT molecular complexity index is 1230. The zero-order valence-electron chi connectivity index (χ0n) is 19.0. The fourth-order valence-corrected chi connectivity index (χ4v) is 5.34. The highest BCUT2D eigenvalue weighted by molar-refractivity contribution is 7.89. The molecule has 0 spiro atoms. The van der Waals surface area contributed by atoms with E-state index in [1.165, 1.54) is 11.6 Å². The normalized spacial score (nSPS) is 14.4. The van der Waals surface area contributed by atoms with Crippen LogP contribution in [0.4, 0.5) is 5.69 Å². The van der Waals surface area contributed by atoms with Gasteiger partial charge in [-0.15, -0.1) is 0 Å². The monoisotopic (exact) mass is 463 g/mol. The predicted molar refractivity (Wildman–Crippen MR) is 131 cm³/mol.